The number of halogens is 3. The van der Waals surface area contributed by atoms with Crippen LogP contribution in [0.15, 0.2) is 36.4 Å². The van der Waals surface area contributed by atoms with Gasteiger partial charge in [0.25, 0.3) is 0 Å². The number of nitrogens with one attached hydrogen (secondary N) is 1. The summed E-state index contributed by atoms with van der Waals surface area (Å²) in [7, 11) is 0. The van der Waals surface area contributed by atoms with Gasteiger partial charge in [0, 0.05) is 0 Å². The standard InChI is InChI=1S/C21H17F3N4O3S/c22-21(23,24)19-26-27-20(32-19)25-14(29)9-10-1-7-13(8-2-10)28-17(30)15-11-3-4-12(6-5-11)16(15)18(28)31/h1-4,7-8,11-12,15-16H,5-6,9H2,(H,25,27,29). The minimum Gasteiger partial charge on any atom is -0.300 e. The quantitative estimate of drug-likeness (QED) is 0.555. The first-order valence-electron chi connectivity index (χ1n) is 10.1. The molecule has 1 saturated heterocycles. The second-order valence-electron chi connectivity index (χ2n) is 8.15. The van der Waals surface area contributed by atoms with Gasteiger partial charge < -0.3 is 5.32 Å². The van der Waals surface area contributed by atoms with Crippen molar-refractivity contribution in [3.63, 3.8) is 0 Å². The van der Waals surface area contributed by atoms with Gasteiger partial charge in [0.1, 0.15) is 0 Å². The highest BCUT2D eigenvalue weighted by Gasteiger charge is 2.56. The normalized spacial score (nSPS) is 26.5. The molecule has 3 aliphatic carbocycles. The number of benzene rings is 1. The lowest BCUT2D eigenvalue weighted by atomic mass is 9.63. The van der Waals surface area contributed by atoms with Gasteiger partial charge in [0.15, 0.2) is 0 Å². The average molecular weight is 462 g/mol. The fourth-order valence-corrected chi connectivity index (χ4v) is 5.46. The number of fused-ring (bicyclic) bond motifs is 1. The number of hydrogen-bond acceptors (Lipinski definition) is 6. The second-order valence-corrected chi connectivity index (χ2v) is 9.13. The molecule has 7 nitrogen and oxygen atoms in total. The summed E-state index contributed by atoms with van der Waals surface area (Å²) >= 11 is 0.248. The molecule has 1 saturated carbocycles. The van der Waals surface area contributed by atoms with Crippen LogP contribution >= 0.6 is 11.3 Å². The third-order valence-electron chi connectivity index (χ3n) is 6.23. The lowest BCUT2D eigenvalue weighted by molar-refractivity contribution is -0.138. The maximum atomic E-state index is 13.0. The highest BCUT2D eigenvalue weighted by atomic mass is 32.1. The zero-order valence-corrected chi connectivity index (χ0v) is 17.3. The van der Waals surface area contributed by atoms with Crippen LogP contribution in [0.4, 0.5) is 24.0 Å². The molecule has 6 rings (SSSR count). The van der Waals surface area contributed by atoms with Crippen LogP contribution in [-0.2, 0) is 27.0 Å². The summed E-state index contributed by atoms with van der Waals surface area (Å²) in [5.74, 6) is -1.30. The number of alkyl halides is 3. The van der Waals surface area contributed by atoms with Crippen LogP contribution in [0.3, 0.4) is 0 Å². The zero-order valence-electron chi connectivity index (χ0n) is 16.5. The molecule has 0 radical (unpaired) electrons. The lowest BCUT2D eigenvalue weighted by Crippen LogP contribution is -2.38. The highest BCUT2D eigenvalue weighted by molar-refractivity contribution is 7.15. The SMILES string of the molecule is O=C(Cc1ccc(N2C(=O)C3C4C=CC(CC4)C3C2=O)cc1)Nc1nnc(C(F)(F)F)s1. The third-order valence-corrected chi connectivity index (χ3v) is 7.12. The predicted molar refractivity (Wildman–Crippen MR) is 109 cm³/mol. The summed E-state index contributed by atoms with van der Waals surface area (Å²) in [6.45, 7) is 0. The molecule has 1 N–H and O–H groups in total. The molecule has 4 unspecified atom stereocenters. The Bertz CT molecular complexity index is 1100. The molecule has 2 heterocycles. The first-order chi connectivity index (χ1) is 15.2. The van der Waals surface area contributed by atoms with E-state index in [1.807, 2.05) is 0 Å². The zero-order chi connectivity index (χ0) is 22.6. The molecule has 11 heteroatoms. The highest BCUT2D eigenvalue weighted by Crippen LogP contribution is 2.50. The van der Waals surface area contributed by atoms with Crippen molar-refractivity contribution >= 4 is 39.9 Å². The second kappa shape index (κ2) is 7.51. The summed E-state index contributed by atoms with van der Waals surface area (Å²) in [6, 6.07) is 6.45. The lowest BCUT2D eigenvalue weighted by Gasteiger charge is -2.38. The fraction of sp³-hybridized carbons (Fsp3) is 0.381. The Balaban J connectivity index is 1.26. The van der Waals surface area contributed by atoms with Crippen LogP contribution in [0.1, 0.15) is 23.4 Å². The van der Waals surface area contributed by atoms with E-state index in [9.17, 15) is 27.6 Å². The van der Waals surface area contributed by atoms with Crippen molar-refractivity contribution in [1.29, 1.82) is 0 Å². The first kappa shape index (κ1) is 20.8. The van der Waals surface area contributed by atoms with Gasteiger partial charge in [-0.3, -0.25) is 19.3 Å². The summed E-state index contributed by atoms with van der Waals surface area (Å²) in [5, 5.41) is 7.27. The minimum absolute atomic E-state index is 0.104. The van der Waals surface area contributed by atoms with Crippen LogP contribution < -0.4 is 10.2 Å². The van der Waals surface area contributed by atoms with E-state index < -0.39 is 17.1 Å². The van der Waals surface area contributed by atoms with Crippen LogP contribution in [0.25, 0.3) is 0 Å². The molecule has 4 aliphatic rings. The van der Waals surface area contributed by atoms with E-state index in [1.165, 1.54) is 4.90 Å². The topological polar surface area (TPSA) is 92.3 Å². The molecular weight excluding hydrogens is 445 g/mol. The Morgan fingerprint density at radius 2 is 1.62 bits per heavy atom. The van der Waals surface area contributed by atoms with Crippen LogP contribution in [-0.4, -0.2) is 27.9 Å². The molecule has 1 aromatic carbocycles. The van der Waals surface area contributed by atoms with Crippen molar-refractivity contribution in [2.45, 2.75) is 25.4 Å². The van der Waals surface area contributed by atoms with E-state index >= 15 is 0 Å². The fourth-order valence-electron chi connectivity index (χ4n) is 4.83. The van der Waals surface area contributed by atoms with Gasteiger partial charge in [0.05, 0.1) is 23.9 Å². The Labute approximate surface area is 184 Å². The smallest absolute Gasteiger partial charge is 0.300 e. The number of hydrogen-bond donors (Lipinski definition) is 1. The van der Waals surface area contributed by atoms with E-state index in [2.05, 4.69) is 27.7 Å². The largest absolute Gasteiger partial charge is 0.445 e. The number of imide groups is 1. The van der Waals surface area contributed by atoms with Crippen molar-refractivity contribution in [2.24, 2.45) is 23.7 Å². The Morgan fingerprint density at radius 1 is 1.03 bits per heavy atom. The number of carbonyl (C=O) groups is 3. The van der Waals surface area contributed by atoms with Crippen molar-refractivity contribution in [2.75, 3.05) is 10.2 Å². The number of rotatable bonds is 4. The predicted octanol–water partition coefficient (Wildman–Crippen LogP) is 3.44. The number of carbonyl (C=O) groups excluding carboxylic acids is 3. The molecule has 2 bridgehead atoms. The van der Waals surface area contributed by atoms with Crippen molar-refractivity contribution in [3.05, 3.63) is 47.0 Å². The van der Waals surface area contributed by atoms with Gasteiger partial charge in [-0.2, -0.15) is 13.2 Å². The van der Waals surface area contributed by atoms with E-state index in [4.69, 9.17) is 0 Å². The summed E-state index contributed by atoms with van der Waals surface area (Å²) < 4.78 is 37.8. The van der Waals surface area contributed by atoms with Crippen LogP contribution in [0.5, 0.6) is 0 Å². The molecule has 2 aromatic rings. The van der Waals surface area contributed by atoms with Crippen molar-refractivity contribution < 1.29 is 27.6 Å². The molecule has 1 aliphatic heterocycles. The van der Waals surface area contributed by atoms with E-state index in [1.54, 1.807) is 24.3 Å². The summed E-state index contributed by atoms with van der Waals surface area (Å²) in [4.78, 5) is 39.4. The molecule has 2 fully saturated rings. The van der Waals surface area contributed by atoms with Crippen LogP contribution in [0.2, 0.25) is 0 Å². The van der Waals surface area contributed by atoms with Gasteiger partial charge in [-0.05, 0) is 42.4 Å². The maximum absolute atomic E-state index is 13.0. The number of aromatic nitrogens is 2. The van der Waals surface area contributed by atoms with E-state index in [0.717, 1.165) is 12.8 Å². The molecule has 166 valence electrons. The van der Waals surface area contributed by atoms with Gasteiger partial charge >= 0.3 is 6.18 Å². The van der Waals surface area contributed by atoms with Crippen molar-refractivity contribution in [3.8, 4) is 0 Å². The number of allylic oxidation sites excluding steroid dienone is 2. The number of anilines is 2. The molecule has 1 aromatic heterocycles. The van der Waals surface area contributed by atoms with Gasteiger partial charge in [-0.1, -0.05) is 35.6 Å². The summed E-state index contributed by atoms with van der Waals surface area (Å²) in [6.07, 6.45) is 1.23. The Morgan fingerprint density at radius 3 is 2.12 bits per heavy atom. The van der Waals surface area contributed by atoms with Gasteiger partial charge in [0.2, 0.25) is 27.9 Å². The maximum Gasteiger partial charge on any atom is 0.445 e. The minimum atomic E-state index is -4.62. The van der Waals surface area contributed by atoms with Gasteiger partial charge in [-0.15, -0.1) is 10.2 Å². The summed E-state index contributed by atoms with van der Waals surface area (Å²) in [5.41, 5.74) is 1.03. The number of amides is 3. The van der Waals surface area contributed by atoms with Gasteiger partial charge in [-0.25, -0.2) is 0 Å². The third kappa shape index (κ3) is 3.50. The Kier molecular flexibility index (Phi) is 4.88. The van der Waals surface area contributed by atoms with Crippen molar-refractivity contribution in [1.82, 2.24) is 10.2 Å². The molecule has 3 amide bonds. The first-order valence-corrected chi connectivity index (χ1v) is 10.9. The van der Waals surface area contributed by atoms with Crippen LogP contribution in [0, 0.1) is 23.7 Å². The van der Waals surface area contributed by atoms with E-state index in [0.29, 0.717) is 11.3 Å². The monoisotopic (exact) mass is 462 g/mol. The molecule has 0 spiro atoms. The Hall–Kier alpha value is -3.08. The molecule has 4 atom stereocenters. The molecule has 32 heavy (non-hydrogen) atoms. The average Bonchev–Trinajstić information content (AvgIpc) is 3.34. The molecular formula is C21H17F3N4O3S. The van der Waals surface area contributed by atoms with E-state index in [-0.39, 0.29) is 58.4 Å². The number of nitrogens with zero attached hydrogens (tertiary/aromatic N) is 3.